The second-order valence-electron chi connectivity index (χ2n) is 2.50. The molecule has 1 fully saturated rings. The molecule has 62 valence electrons. The zero-order valence-corrected chi connectivity index (χ0v) is 7.46. The van der Waals surface area contributed by atoms with Gasteiger partial charge in [0.05, 0.1) is 11.5 Å². The van der Waals surface area contributed by atoms with Crippen molar-refractivity contribution in [1.82, 2.24) is 5.32 Å². The third kappa shape index (κ3) is 2.44. The highest BCUT2D eigenvalue weighted by molar-refractivity contribution is 7.92. The first-order valence-electron chi connectivity index (χ1n) is 2.99. The fourth-order valence-electron chi connectivity index (χ4n) is 1.08. The van der Waals surface area contributed by atoms with Crippen LogP contribution in [0.2, 0.25) is 0 Å². The van der Waals surface area contributed by atoms with Crippen molar-refractivity contribution >= 4 is 22.2 Å². The molecule has 0 saturated carbocycles. The zero-order chi connectivity index (χ0) is 6.91. The fourth-order valence-corrected chi connectivity index (χ4v) is 2.65. The van der Waals surface area contributed by atoms with Crippen molar-refractivity contribution in [2.45, 2.75) is 0 Å². The molecule has 0 unspecified atom stereocenters. The molecule has 1 N–H and O–H groups in total. The molecule has 0 spiro atoms. The summed E-state index contributed by atoms with van der Waals surface area (Å²) in [5.41, 5.74) is 0. The van der Waals surface area contributed by atoms with Crippen molar-refractivity contribution in [3.63, 3.8) is 0 Å². The standard InChI is InChI=1S/C5H11NO2S.ClH/c1-6-2-5-3-9(7,8)4-5;/h5-6H,2-4H2,1H3;1H. The summed E-state index contributed by atoms with van der Waals surface area (Å²) in [4.78, 5) is 0. The van der Waals surface area contributed by atoms with E-state index in [1.54, 1.807) is 0 Å². The van der Waals surface area contributed by atoms with E-state index in [4.69, 9.17) is 0 Å². The first-order valence-corrected chi connectivity index (χ1v) is 4.81. The lowest BCUT2D eigenvalue weighted by molar-refractivity contribution is 0.506. The van der Waals surface area contributed by atoms with Gasteiger partial charge in [-0.3, -0.25) is 0 Å². The van der Waals surface area contributed by atoms with E-state index >= 15 is 0 Å². The van der Waals surface area contributed by atoms with E-state index in [9.17, 15) is 8.42 Å². The molecule has 0 radical (unpaired) electrons. The Kier molecular flexibility index (Phi) is 3.62. The SMILES string of the molecule is CNCC1CS(=O)(=O)C1.Cl. The zero-order valence-electron chi connectivity index (χ0n) is 5.83. The second-order valence-corrected chi connectivity index (χ2v) is 4.65. The van der Waals surface area contributed by atoms with Crippen LogP contribution in [0.3, 0.4) is 0 Å². The fraction of sp³-hybridized carbons (Fsp3) is 1.00. The van der Waals surface area contributed by atoms with Gasteiger partial charge in [0, 0.05) is 0 Å². The summed E-state index contributed by atoms with van der Waals surface area (Å²) in [7, 11) is -0.755. The molecule has 10 heavy (non-hydrogen) atoms. The number of halogens is 1. The van der Waals surface area contributed by atoms with E-state index in [0.717, 1.165) is 6.54 Å². The average Bonchev–Trinajstić information content (AvgIpc) is 1.62. The van der Waals surface area contributed by atoms with Gasteiger partial charge in [0.1, 0.15) is 0 Å². The second kappa shape index (κ2) is 3.55. The van der Waals surface area contributed by atoms with Crippen molar-refractivity contribution in [2.75, 3.05) is 25.1 Å². The van der Waals surface area contributed by atoms with Crippen molar-refractivity contribution in [3.05, 3.63) is 0 Å². The molecule has 3 nitrogen and oxygen atoms in total. The van der Waals surface area contributed by atoms with Gasteiger partial charge in [0.25, 0.3) is 0 Å². The Balaban J connectivity index is 0.000000810. The number of hydrogen-bond donors (Lipinski definition) is 1. The van der Waals surface area contributed by atoms with Gasteiger partial charge < -0.3 is 5.32 Å². The molecule has 0 aliphatic carbocycles. The van der Waals surface area contributed by atoms with E-state index in [2.05, 4.69) is 5.32 Å². The highest BCUT2D eigenvalue weighted by atomic mass is 35.5. The normalized spacial score (nSPS) is 22.9. The summed E-state index contributed by atoms with van der Waals surface area (Å²) in [6, 6.07) is 0. The van der Waals surface area contributed by atoms with Crippen LogP contribution in [0.25, 0.3) is 0 Å². The third-order valence-electron chi connectivity index (χ3n) is 1.47. The average molecular weight is 186 g/mol. The summed E-state index contributed by atoms with van der Waals surface area (Å²) in [6.45, 7) is 0.833. The highest BCUT2D eigenvalue weighted by Gasteiger charge is 2.32. The van der Waals surface area contributed by atoms with Gasteiger partial charge in [-0.2, -0.15) is 0 Å². The van der Waals surface area contributed by atoms with Crippen molar-refractivity contribution in [3.8, 4) is 0 Å². The molecule has 1 saturated heterocycles. The predicted octanol–water partition coefficient (Wildman–Crippen LogP) is -0.328. The Morgan fingerprint density at radius 1 is 1.50 bits per heavy atom. The first kappa shape index (κ1) is 10.2. The van der Waals surface area contributed by atoms with E-state index in [-0.39, 0.29) is 12.4 Å². The number of nitrogens with one attached hydrogen (secondary N) is 1. The van der Waals surface area contributed by atoms with E-state index < -0.39 is 9.84 Å². The largest absolute Gasteiger partial charge is 0.319 e. The number of sulfone groups is 1. The Labute approximate surface area is 67.5 Å². The minimum absolute atomic E-state index is 0. The Hall–Kier alpha value is 0.200. The van der Waals surface area contributed by atoms with Gasteiger partial charge in [-0.25, -0.2) is 8.42 Å². The van der Waals surface area contributed by atoms with E-state index in [0.29, 0.717) is 17.4 Å². The van der Waals surface area contributed by atoms with Crippen LogP contribution in [0, 0.1) is 5.92 Å². The molecule has 1 heterocycles. The molecule has 0 aromatic heterocycles. The molecular formula is C5H12ClNO2S. The van der Waals surface area contributed by atoms with Gasteiger partial charge in [-0.15, -0.1) is 12.4 Å². The minimum atomic E-state index is -2.59. The molecule has 1 aliphatic heterocycles. The monoisotopic (exact) mass is 185 g/mol. The molecule has 5 heteroatoms. The van der Waals surface area contributed by atoms with Gasteiger partial charge in [-0.05, 0) is 19.5 Å². The van der Waals surface area contributed by atoms with Crippen LogP contribution in [0.4, 0.5) is 0 Å². The number of rotatable bonds is 2. The van der Waals surface area contributed by atoms with Crippen molar-refractivity contribution in [2.24, 2.45) is 5.92 Å². The summed E-state index contributed by atoms with van der Waals surface area (Å²) in [5.74, 6) is 1.14. The maximum absolute atomic E-state index is 10.5. The predicted molar refractivity (Wildman–Crippen MR) is 43.3 cm³/mol. The molecule has 1 rings (SSSR count). The van der Waals surface area contributed by atoms with Crippen LogP contribution in [-0.2, 0) is 9.84 Å². The molecule has 0 atom stereocenters. The molecular weight excluding hydrogens is 174 g/mol. The van der Waals surface area contributed by atoms with Crippen molar-refractivity contribution in [1.29, 1.82) is 0 Å². The van der Waals surface area contributed by atoms with E-state index in [1.807, 2.05) is 7.05 Å². The van der Waals surface area contributed by atoms with Gasteiger partial charge >= 0.3 is 0 Å². The smallest absolute Gasteiger partial charge is 0.151 e. The van der Waals surface area contributed by atoms with Crippen LogP contribution in [-0.4, -0.2) is 33.5 Å². The maximum atomic E-state index is 10.5. The maximum Gasteiger partial charge on any atom is 0.151 e. The third-order valence-corrected chi connectivity index (χ3v) is 3.43. The van der Waals surface area contributed by atoms with Crippen molar-refractivity contribution < 1.29 is 8.42 Å². The Bertz CT molecular complexity index is 178. The summed E-state index contributed by atoms with van der Waals surface area (Å²) >= 11 is 0. The molecule has 0 bridgehead atoms. The Morgan fingerprint density at radius 3 is 2.30 bits per heavy atom. The van der Waals surface area contributed by atoms with Gasteiger partial charge in [0.15, 0.2) is 9.84 Å². The van der Waals surface area contributed by atoms with Crippen LogP contribution in [0.15, 0.2) is 0 Å². The molecule has 0 aromatic carbocycles. The summed E-state index contributed by atoms with van der Waals surface area (Å²) in [6.07, 6.45) is 0. The quantitative estimate of drug-likeness (QED) is 0.641. The van der Waals surface area contributed by atoms with Crippen LogP contribution in [0.1, 0.15) is 0 Å². The molecule has 0 aromatic rings. The minimum Gasteiger partial charge on any atom is -0.319 e. The Morgan fingerprint density at radius 2 is 2.00 bits per heavy atom. The first-order chi connectivity index (χ1) is 4.14. The van der Waals surface area contributed by atoms with Crippen LogP contribution in [0.5, 0.6) is 0 Å². The molecule has 0 amide bonds. The number of hydrogen-bond acceptors (Lipinski definition) is 3. The van der Waals surface area contributed by atoms with Crippen LogP contribution >= 0.6 is 12.4 Å². The lowest BCUT2D eigenvalue weighted by Gasteiger charge is -2.24. The molecule has 1 aliphatic rings. The topological polar surface area (TPSA) is 46.2 Å². The van der Waals surface area contributed by atoms with Gasteiger partial charge in [0.2, 0.25) is 0 Å². The van der Waals surface area contributed by atoms with E-state index in [1.165, 1.54) is 0 Å². The summed E-state index contributed by atoms with van der Waals surface area (Å²) < 4.78 is 21.1. The van der Waals surface area contributed by atoms with Crippen LogP contribution < -0.4 is 5.32 Å². The van der Waals surface area contributed by atoms with Gasteiger partial charge in [-0.1, -0.05) is 0 Å². The lowest BCUT2D eigenvalue weighted by atomic mass is 10.2. The summed E-state index contributed by atoms with van der Waals surface area (Å²) in [5, 5.41) is 2.94. The lowest BCUT2D eigenvalue weighted by Crippen LogP contribution is -2.41. The highest BCUT2D eigenvalue weighted by Crippen LogP contribution is 2.16.